The molecule has 0 saturated heterocycles. The maximum Gasteiger partial charge on any atom is 0.319 e. The first-order valence-electron chi connectivity index (χ1n) is 7.86. The van der Waals surface area contributed by atoms with Crippen molar-refractivity contribution in [3.63, 3.8) is 0 Å². The highest BCUT2D eigenvalue weighted by Crippen LogP contribution is 2.28. The van der Waals surface area contributed by atoms with Crippen molar-refractivity contribution in [2.45, 2.75) is 20.3 Å². The number of ether oxygens (including phenoxy) is 2. The molecule has 0 spiro atoms. The summed E-state index contributed by atoms with van der Waals surface area (Å²) in [6, 6.07) is 11.3. The van der Waals surface area contributed by atoms with Gasteiger partial charge in [-0.3, -0.25) is 0 Å². The van der Waals surface area contributed by atoms with Crippen molar-refractivity contribution in [2.75, 3.05) is 26.1 Å². The molecular weight excluding hydrogens is 304 g/mol. The summed E-state index contributed by atoms with van der Waals surface area (Å²) in [6.07, 6.45) is 0.786. The molecular formula is C19H24N2O3. The molecule has 0 atom stereocenters. The first kappa shape index (κ1) is 17.7. The summed E-state index contributed by atoms with van der Waals surface area (Å²) in [7, 11) is 3.14. The first-order chi connectivity index (χ1) is 11.5. The van der Waals surface area contributed by atoms with Crippen molar-refractivity contribution in [1.82, 2.24) is 5.32 Å². The smallest absolute Gasteiger partial charge is 0.319 e. The van der Waals surface area contributed by atoms with Crippen molar-refractivity contribution in [2.24, 2.45) is 0 Å². The predicted molar refractivity (Wildman–Crippen MR) is 96.2 cm³/mol. The van der Waals surface area contributed by atoms with Gasteiger partial charge in [0, 0.05) is 12.6 Å². The zero-order valence-corrected chi connectivity index (χ0v) is 14.6. The fraction of sp³-hybridized carbons (Fsp3) is 0.316. The van der Waals surface area contributed by atoms with Crippen LogP contribution in [0, 0.1) is 13.8 Å². The summed E-state index contributed by atoms with van der Waals surface area (Å²) in [4.78, 5) is 12.1. The molecule has 0 aliphatic rings. The Morgan fingerprint density at radius 1 is 1.04 bits per heavy atom. The molecule has 128 valence electrons. The third kappa shape index (κ3) is 4.65. The second kappa shape index (κ2) is 8.24. The SMILES string of the molecule is COc1ccc(OC)c(NC(=O)NCCc2ccc(C)cc2C)c1. The number of nitrogens with one attached hydrogen (secondary N) is 2. The Morgan fingerprint density at radius 2 is 1.83 bits per heavy atom. The van der Waals surface area contributed by atoms with Crippen molar-refractivity contribution < 1.29 is 14.3 Å². The Labute approximate surface area is 143 Å². The number of hydrogen-bond donors (Lipinski definition) is 2. The summed E-state index contributed by atoms with van der Waals surface area (Å²) in [5.74, 6) is 1.24. The molecule has 0 radical (unpaired) electrons. The number of carbonyl (C=O) groups is 1. The first-order valence-corrected chi connectivity index (χ1v) is 7.86. The Balaban J connectivity index is 1.91. The molecule has 0 aliphatic carbocycles. The van der Waals surface area contributed by atoms with Crippen molar-refractivity contribution in [3.05, 3.63) is 53.1 Å². The van der Waals surface area contributed by atoms with Gasteiger partial charge in [-0.1, -0.05) is 23.8 Å². The lowest BCUT2D eigenvalue weighted by Gasteiger charge is -2.13. The predicted octanol–water partition coefficient (Wildman–Crippen LogP) is 3.68. The third-order valence-corrected chi connectivity index (χ3v) is 3.83. The molecule has 0 fully saturated rings. The van der Waals surface area contributed by atoms with Crippen molar-refractivity contribution >= 4 is 11.7 Å². The second-order valence-electron chi connectivity index (χ2n) is 5.63. The molecule has 0 unspecified atom stereocenters. The minimum absolute atomic E-state index is 0.272. The number of hydrogen-bond acceptors (Lipinski definition) is 3. The Morgan fingerprint density at radius 3 is 2.50 bits per heavy atom. The van der Waals surface area contributed by atoms with E-state index < -0.39 is 0 Å². The van der Waals surface area contributed by atoms with Gasteiger partial charge in [-0.15, -0.1) is 0 Å². The molecule has 5 nitrogen and oxygen atoms in total. The van der Waals surface area contributed by atoms with Gasteiger partial charge in [0.2, 0.25) is 0 Å². The van der Waals surface area contributed by atoms with Gasteiger partial charge in [-0.05, 0) is 43.5 Å². The fourth-order valence-electron chi connectivity index (χ4n) is 2.52. The average molecular weight is 328 g/mol. The monoisotopic (exact) mass is 328 g/mol. The number of rotatable bonds is 6. The average Bonchev–Trinajstić information content (AvgIpc) is 2.56. The highest BCUT2D eigenvalue weighted by molar-refractivity contribution is 5.91. The van der Waals surface area contributed by atoms with Crippen LogP contribution in [0.15, 0.2) is 36.4 Å². The largest absolute Gasteiger partial charge is 0.497 e. The molecule has 2 N–H and O–H groups in total. The van der Waals surface area contributed by atoms with Crippen LogP contribution in [-0.4, -0.2) is 26.8 Å². The molecule has 2 aromatic carbocycles. The zero-order valence-electron chi connectivity index (χ0n) is 14.6. The Kier molecular flexibility index (Phi) is 6.07. The van der Waals surface area contributed by atoms with Crippen molar-refractivity contribution in [3.8, 4) is 11.5 Å². The third-order valence-electron chi connectivity index (χ3n) is 3.83. The highest BCUT2D eigenvalue weighted by Gasteiger charge is 2.09. The van der Waals surface area contributed by atoms with E-state index >= 15 is 0 Å². The number of urea groups is 1. The molecule has 0 aromatic heterocycles. The van der Waals surface area contributed by atoms with Crippen LogP contribution in [0.5, 0.6) is 11.5 Å². The molecule has 2 rings (SSSR count). The number of carbonyl (C=O) groups excluding carboxylic acids is 1. The van der Waals surface area contributed by atoms with Gasteiger partial charge in [0.1, 0.15) is 11.5 Å². The van der Waals surface area contributed by atoms with Crippen LogP contribution >= 0.6 is 0 Å². The molecule has 0 bridgehead atoms. The summed E-state index contributed by atoms with van der Waals surface area (Å²) in [5.41, 5.74) is 4.29. The van der Waals surface area contributed by atoms with E-state index in [1.54, 1.807) is 32.4 Å². The summed E-state index contributed by atoms with van der Waals surface area (Å²) >= 11 is 0. The molecule has 2 aromatic rings. The fourth-order valence-corrected chi connectivity index (χ4v) is 2.52. The summed E-state index contributed by atoms with van der Waals surface area (Å²) in [6.45, 7) is 4.72. The van der Waals surface area contributed by atoms with Crippen LogP contribution < -0.4 is 20.1 Å². The van der Waals surface area contributed by atoms with E-state index in [4.69, 9.17) is 9.47 Å². The lowest BCUT2D eigenvalue weighted by Crippen LogP contribution is -2.30. The number of aryl methyl sites for hydroxylation is 2. The van der Waals surface area contributed by atoms with E-state index in [1.807, 2.05) is 0 Å². The van der Waals surface area contributed by atoms with Crippen LogP contribution in [0.25, 0.3) is 0 Å². The number of amides is 2. The quantitative estimate of drug-likeness (QED) is 0.850. The van der Waals surface area contributed by atoms with E-state index in [-0.39, 0.29) is 6.03 Å². The standard InChI is InChI=1S/C19H24N2O3/c1-13-5-6-15(14(2)11-13)9-10-20-19(22)21-17-12-16(23-3)7-8-18(17)24-4/h5-8,11-12H,9-10H2,1-4H3,(H2,20,21,22). The number of benzene rings is 2. The Bertz CT molecular complexity index is 714. The maximum absolute atomic E-state index is 12.1. The van der Waals surface area contributed by atoms with E-state index in [0.717, 1.165) is 6.42 Å². The highest BCUT2D eigenvalue weighted by atomic mass is 16.5. The minimum atomic E-state index is -0.272. The number of methoxy groups -OCH3 is 2. The van der Waals surface area contributed by atoms with Crippen LogP contribution in [0.1, 0.15) is 16.7 Å². The van der Waals surface area contributed by atoms with Gasteiger partial charge >= 0.3 is 6.03 Å². The molecule has 5 heteroatoms. The molecule has 2 amide bonds. The van der Waals surface area contributed by atoms with Gasteiger partial charge < -0.3 is 20.1 Å². The van der Waals surface area contributed by atoms with Gasteiger partial charge in [0.15, 0.2) is 0 Å². The normalized spacial score (nSPS) is 10.2. The molecule has 24 heavy (non-hydrogen) atoms. The molecule has 0 heterocycles. The zero-order chi connectivity index (χ0) is 17.5. The summed E-state index contributed by atoms with van der Waals surface area (Å²) in [5, 5.41) is 5.65. The van der Waals surface area contributed by atoms with Gasteiger partial charge in [-0.2, -0.15) is 0 Å². The maximum atomic E-state index is 12.1. The number of anilines is 1. The van der Waals surface area contributed by atoms with Crippen LogP contribution in [-0.2, 0) is 6.42 Å². The lowest BCUT2D eigenvalue weighted by atomic mass is 10.0. The van der Waals surface area contributed by atoms with E-state index in [0.29, 0.717) is 23.7 Å². The summed E-state index contributed by atoms with van der Waals surface area (Å²) < 4.78 is 10.4. The topological polar surface area (TPSA) is 59.6 Å². The van der Waals surface area contributed by atoms with E-state index in [9.17, 15) is 4.79 Å². The van der Waals surface area contributed by atoms with E-state index in [2.05, 4.69) is 42.7 Å². The second-order valence-corrected chi connectivity index (χ2v) is 5.63. The van der Waals surface area contributed by atoms with Gasteiger partial charge in [0.05, 0.1) is 19.9 Å². The van der Waals surface area contributed by atoms with Crippen LogP contribution in [0.2, 0.25) is 0 Å². The van der Waals surface area contributed by atoms with Gasteiger partial charge in [-0.25, -0.2) is 4.79 Å². The van der Waals surface area contributed by atoms with Crippen molar-refractivity contribution in [1.29, 1.82) is 0 Å². The Hall–Kier alpha value is -2.69. The minimum Gasteiger partial charge on any atom is -0.497 e. The molecule has 0 aliphatic heterocycles. The van der Waals surface area contributed by atoms with Gasteiger partial charge in [0.25, 0.3) is 0 Å². The lowest BCUT2D eigenvalue weighted by molar-refractivity contribution is 0.252. The molecule has 0 saturated carbocycles. The van der Waals surface area contributed by atoms with Crippen LogP contribution in [0.4, 0.5) is 10.5 Å². The van der Waals surface area contributed by atoms with E-state index in [1.165, 1.54) is 16.7 Å². The van der Waals surface area contributed by atoms with Crippen LogP contribution in [0.3, 0.4) is 0 Å².